The van der Waals surface area contributed by atoms with Crippen molar-refractivity contribution in [3.8, 4) is 0 Å². The molecule has 1 amide bonds. The number of anilines is 1. The molecule has 6 heteroatoms. The molecule has 0 unspecified atom stereocenters. The predicted octanol–water partition coefficient (Wildman–Crippen LogP) is 2.41. The van der Waals surface area contributed by atoms with Crippen LogP contribution in [0.1, 0.15) is 46.1 Å². The first-order valence-electron chi connectivity index (χ1n) is 7.56. The van der Waals surface area contributed by atoms with Gasteiger partial charge in [-0.15, -0.1) is 5.10 Å². The van der Waals surface area contributed by atoms with Crippen molar-refractivity contribution in [3.05, 3.63) is 40.8 Å². The van der Waals surface area contributed by atoms with Crippen molar-refractivity contribution in [2.45, 2.75) is 32.6 Å². The van der Waals surface area contributed by atoms with E-state index in [-0.39, 0.29) is 17.8 Å². The molecule has 0 aliphatic carbocycles. The summed E-state index contributed by atoms with van der Waals surface area (Å²) in [5.74, 6) is 0.663. The van der Waals surface area contributed by atoms with Gasteiger partial charge in [0, 0.05) is 11.5 Å². The fourth-order valence-corrected chi connectivity index (χ4v) is 2.75. The smallest absolute Gasteiger partial charge is 0.322 e. The second-order valence-corrected chi connectivity index (χ2v) is 5.74. The van der Waals surface area contributed by atoms with Crippen LogP contribution in [0, 0.1) is 13.8 Å². The Morgan fingerprint density at radius 2 is 2.05 bits per heavy atom. The Hall–Kier alpha value is -2.21. The number of amides is 1. The minimum Gasteiger partial charge on any atom is -0.408 e. The molecule has 2 aromatic rings. The predicted molar refractivity (Wildman–Crippen MR) is 83.0 cm³/mol. The van der Waals surface area contributed by atoms with Crippen LogP contribution in [-0.4, -0.2) is 29.2 Å². The van der Waals surface area contributed by atoms with Crippen molar-refractivity contribution in [3.63, 3.8) is 0 Å². The van der Waals surface area contributed by atoms with Crippen LogP contribution < -0.4 is 10.6 Å². The average Bonchev–Trinajstić information content (AvgIpc) is 2.96. The lowest BCUT2D eigenvalue weighted by Crippen LogP contribution is -2.26. The summed E-state index contributed by atoms with van der Waals surface area (Å²) in [5.41, 5.74) is 2.67. The molecule has 1 saturated heterocycles. The second kappa shape index (κ2) is 6.27. The molecule has 2 heterocycles. The fourth-order valence-electron chi connectivity index (χ4n) is 2.75. The molecule has 0 spiro atoms. The molecule has 22 heavy (non-hydrogen) atoms. The van der Waals surface area contributed by atoms with E-state index in [1.807, 2.05) is 32.0 Å². The lowest BCUT2D eigenvalue weighted by atomic mass is 9.98. The number of nitrogens with zero attached hydrogens (tertiary/aromatic N) is 2. The number of rotatable bonds is 3. The van der Waals surface area contributed by atoms with Gasteiger partial charge in [0.15, 0.2) is 0 Å². The minimum atomic E-state index is -0.224. The van der Waals surface area contributed by atoms with Crippen molar-refractivity contribution in [1.82, 2.24) is 15.5 Å². The molecule has 6 nitrogen and oxygen atoms in total. The van der Waals surface area contributed by atoms with Crippen LogP contribution in [-0.2, 0) is 0 Å². The number of carbonyl (C=O) groups is 1. The van der Waals surface area contributed by atoms with E-state index in [1.165, 1.54) is 0 Å². The van der Waals surface area contributed by atoms with E-state index in [4.69, 9.17) is 4.42 Å². The van der Waals surface area contributed by atoms with E-state index in [1.54, 1.807) is 0 Å². The lowest BCUT2D eigenvalue weighted by Gasteiger charge is -2.18. The van der Waals surface area contributed by atoms with Crippen molar-refractivity contribution >= 4 is 11.9 Å². The summed E-state index contributed by atoms with van der Waals surface area (Å²) in [6, 6.07) is 5.86. The number of carbonyl (C=O) groups excluding carboxylic acids is 1. The molecule has 0 atom stereocenters. The maximum Gasteiger partial charge on any atom is 0.322 e. The topological polar surface area (TPSA) is 80.0 Å². The zero-order valence-electron chi connectivity index (χ0n) is 12.8. The number of benzene rings is 1. The Labute approximate surface area is 129 Å². The molecule has 1 aromatic carbocycles. The number of piperidine rings is 1. The molecule has 0 bridgehead atoms. The average molecular weight is 300 g/mol. The van der Waals surface area contributed by atoms with Crippen LogP contribution in [0.25, 0.3) is 0 Å². The first-order chi connectivity index (χ1) is 10.6. The minimum absolute atomic E-state index is 0.165. The Morgan fingerprint density at radius 3 is 2.77 bits per heavy atom. The van der Waals surface area contributed by atoms with Gasteiger partial charge < -0.3 is 9.73 Å². The van der Waals surface area contributed by atoms with Gasteiger partial charge in [-0.1, -0.05) is 22.8 Å². The Kier molecular flexibility index (Phi) is 4.20. The number of hydrogen-bond donors (Lipinski definition) is 2. The van der Waals surface area contributed by atoms with Crippen molar-refractivity contribution < 1.29 is 9.21 Å². The van der Waals surface area contributed by atoms with Crippen molar-refractivity contribution in [1.29, 1.82) is 0 Å². The third kappa shape index (κ3) is 3.17. The van der Waals surface area contributed by atoms with E-state index in [0.717, 1.165) is 37.1 Å². The van der Waals surface area contributed by atoms with Crippen LogP contribution >= 0.6 is 0 Å². The summed E-state index contributed by atoms with van der Waals surface area (Å²) in [5, 5.41) is 14.0. The fraction of sp³-hybridized carbons (Fsp3) is 0.438. The van der Waals surface area contributed by atoms with E-state index < -0.39 is 0 Å². The first-order valence-corrected chi connectivity index (χ1v) is 7.56. The molecular weight excluding hydrogens is 280 g/mol. The summed E-state index contributed by atoms with van der Waals surface area (Å²) >= 11 is 0. The number of aromatic nitrogens is 2. The molecule has 1 aliphatic rings. The molecule has 1 fully saturated rings. The van der Waals surface area contributed by atoms with Gasteiger partial charge in [-0.25, -0.2) is 0 Å². The number of nitrogens with one attached hydrogen (secondary N) is 2. The largest absolute Gasteiger partial charge is 0.408 e. The first kappa shape index (κ1) is 14.7. The van der Waals surface area contributed by atoms with Crippen LogP contribution in [0.15, 0.2) is 22.6 Å². The zero-order valence-corrected chi connectivity index (χ0v) is 12.8. The zero-order chi connectivity index (χ0) is 15.5. The Morgan fingerprint density at radius 1 is 1.27 bits per heavy atom. The Balaban J connectivity index is 1.70. The van der Waals surface area contributed by atoms with Gasteiger partial charge in [0.25, 0.3) is 5.91 Å². The molecule has 116 valence electrons. The van der Waals surface area contributed by atoms with Gasteiger partial charge in [0.2, 0.25) is 5.89 Å². The lowest BCUT2D eigenvalue weighted by molar-refractivity contribution is 0.102. The third-order valence-corrected chi connectivity index (χ3v) is 3.98. The molecule has 0 saturated carbocycles. The van der Waals surface area contributed by atoms with Crippen molar-refractivity contribution in [2.75, 3.05) is 18.4 Å². The number of hydrogen-bond acceptors (Lipinski definition) is 5. The molecule has 0 radical (unpaired) electrons. The summed E-state index contributed by atoms with van der Waals surface area (Å²) < 4.78 is 5.60. The maximum atomic E-state index is 12.3. The SMILES string of the molecule is Cc1ccc(C(=O)Nc2nnc(C3CCNCC3)o2)c(C)c1. The summed E-state index contributed by atoms with van der Waals surface area (Å²) in [7, 11) is 0. The molecule has 3 rings (SSSR count). The Bertz CT molecular complexity index is 675. The molecular formula is C16H20N4O2. The highest BCUT2D eigenvalue weighted by Gasteiger charge is 2.22. The van der Waals surface area contributed by atoms with Crippen LogP contribution in [0.5, 0.6) is 0 Å². The quantitative estimate of drug-likeness (QED) is 0.910. The molecule has 1 aromatic heterocycles. The van der Waals surface area contributed by atoms with E-state index >= 15 is 0 Å². The van der Waals surface area contributed by atoms with E-state index in [2.05, 4.69) is 20.8 Å². The summed E-state index contributed by atoms with van der Waals surface area (Å²) in [6.07, 6.45) is 1.96. The van der Waals surface area contributed by atoms with Crippen LogP contribution in [0.2, 0.25) is 0 Å². The highest BCUT2D eigenvalue weighted by molar-refractivity contribution is 6.04. The highest BCUT2D eigenvalue weighted by atomic mass is 16.4. The van der Waals surface area contributed by atoms with Crippen LogP contribution in [0.3, 0.4) is 0 Å². The van der Waals surface area contributed by atoms with E-state index in [0.29, 0.717) is 11.5 Å². The van der Waals surface area contributed by atoms with Crippen LogP contribution in [0.4, 0.5) is 6.01 Å². The van der Waals surface area contributed by atoms with Gasteiger partial charge in [0.1, 0.15) is 0 Å². The van der Waals surface area contributed by atoms with Gasteiger partial charge in [-0.2, -0.15) is 0 Å². The molecule has 1 aliphatic heterocycles. The van der Waals surface area contributed by atoms with E-state index in [9.17, 15) is 4.79 Å². The standard InChI is InChI=1S/C16H20N4O2/c1-10-3-4-13(11(2)9-10)14(21)18-16-20-19-15(22-16)12-5-7-17-8-6-12/h3-4,9,12,17H,5-8H2,1-2H3,(H,18,20,21). The summed E-state index contributed by atoms with van der Waals surface area (Å²) in [4.78, 5) is 12.3. The van der Waals surface area contributed by atoms with Gasteiger partial charge in [-0.05, 0) is 51.4 Å². The van der Waals surface area contributed by atoms with Gasteiger partial charge >= 0.3 is 6.01 Å². The van der Waals surface area contributed by atoms with Crippen molar-refractivity contribution in [2.24, 2.45) is 0 Å². The number of aryl methyl sites for hydroxylation is 2. The second-order valence-electron chi connectivity index (χ2n) is 5.74. The maximum absolute atomic E-state index is 12.3. The normalized spacial score (nSPS) is 15.7. The van der Waals surface area contributed by atoms with Gasteiger partial charge in [0.05, 0.1) is 0 Å². The monoisotopic (exact) mass is 300 g/mol. The highest BCUT2D eigenvalue weighted by Crippen LogP contribution is 2.25. The summed E-state index contributed by atoms with van der Waals surface area (Å²) in [6.45, 7) is 5.82. The molecule has 2 N–H and O–H groups in total. The van der Waals surface area contributed by atoms with Gasteiger partial charge in [-0.3, -0.25) is 10.1 Å². The third-order valence-electron chi connectivity index (χ3n) is 3.98.